The van der Waals surface area contributed by atoms with E-state index in [1.54, 1.807) is 7.11 Å². The van der Waals surface area contributed by atoms with E-state index in [-0.39, 0.29) is 0 Å². The van der Waals surface area contributed by atoms with Crippen molar-refractivity contribution in [3.63, 3.8) is 0 Å². The number of halogens is 1. The molecule has 0 aliphatic carbocycles. The van der Waals surface area contributed by atoms with Crippen LogP contribution in [0.5, 0.6) is 11.5 Å². The van der Waals surface area contributed by atoms with Crippen LogP contribution in [0.25, 0.3) is 0 Å². The van der Waals surface area contributed by atoms with E-state index in [1.807, 2.05) is 42.5 Å². The molecule has 0 N–H and O–H groups in total. The summed E-state index contributed by atoms with van der Waals surface area (Å²) >= 11 is 3.45. The summed E-state index contributed by atoms with van der Waals surface area (Å²) in [4.78, 5) is 0. The first-order valence-electron chi connectivity index (χ1n) is 5.75. The van der Waals surface area contributed by atoms with Gasteiger partial charge in [-0.05, 0) is 45.8 Å². The molecule has 0 aromatic heterocycles. The van der Waals surface area contributed by atoms with Gasteiger partial charge in [0, 0.05) is 5.56 Å². The molecule has 0 radical (unpaired) electrons. The molecule has 96 valence electrons. The highest BCUT2D eigenvalue weighted by Gasteiger charge is 2.05. The van der Waals surface area contributed by atoms with Gasteiger partial charge in [-0.2, -0.15) is 0 Å². The normalized spacial score (nSPS) is 9.74. The van der Waals surface area contributed by atoms with Crippen molar-refractivity contribution in [3.8, 4) is 23.8 Å². The highest BCUT2D eigenvalue weighted by molar-refractivity contribution is 9.10. The van der Waals surface area contributed by atoms with Crippen molar-refractivity contribution in [1.29, 1.82) is 0 Å². The Kier molecular flexibility index (Phi) is 4.48. The minimum atomic E-state index is 0.483. The van der Waals surface area contributed by atoms with Crippen LogP contribution in [0.4, 0.5) is 0 Å². The zero-order valence-corrected chi connectivity index (χ0v) is 12.1. The van der Waals surface area contributed by atoms with Crippen LogP contribution in [-0.4, -0.2) is 7.11 Å². The first kappa shape index (κ1) is 13.5. The Balaban J connectivity index is 2.08. The molecule has 0 bridgehead atoms. The van der Waals surface area contributed by atoms with Crippen LogP contribution in [-0.2, 0) is 6.61 Å². The maximum atomic E-state index is 5.76. The lowest BCUT2D eigenvalue weighted by Crippen LogP contribution is -1.97. The predicted octanol–water partition coefficient (Wildman–Crippen LogP) is 4.02. The van der Waals surface area contributed by atoms with Gasteiger partial charge in [0.15, 0.2) is 0 Å². The van der Waals surface area contributed by atoms with E-state index in [4.69, 9.17) is 15.9 Å². The van der Waals surface area contributed by atoms with Gasteiger partial charge in [-0.25, -0.2) is 0 Å². The predicted molar refractivity (Wildman–Crippen MR) is 79.4 cm³/mol. The lowest BCUT2D eigenvalue weighted by Gasteiger charge is -2.09. The van der Waals surface area contributed by atoms with Gasteiger partial charge in [-0.3, -0.25) is 0 Å². The molecule has 0 saturated carbocycles. The molecule has 0 aliphatic rings. The molecule has 0 aliphatic heterocycles. The Hall–Kier alpha value is -1.92. The average Bonchev–Trinajstić information content (AvgIpc) is 2.47. The molecule has 0 fully saturated rings. The summed E-state index contributed by atoms with van der Waals surface area (Å²) < 4.78 is 11.7. The standard InChI is InChI=1S/C16H13BrO2/c1-3-13-5-4-6-15(16(13)17)19-11-12-7-9-14(18-2)10-8-12/h1,4-10H,11H2,2H3. The molecule has 0 saturated heterocycles. The second-order valence-corrected chi connectivity index (χ2v) is 4.69. The molecule has 2 rings (SSSR count). The maximum absolute atomic E-state index is 5.76. The molecule has 0 atom stereocenters. The third-order valence-corrected chi connectivity index (χ3v) is 3.49. The van der Waals surface area contributed by atoms with Crippen LogP contribution >= 0.6 is 15.9 Å². The minimum Gasteiger partial charge on any atom is -0.497 e. The van der Waals surface area contributed by atoms with Gasteiger partial charge in [0.25, 0.3) is 0 Å². The van der Waals surface area contributed by atoms with Gasteiger partial charge in [-0.15, -0.1) is 6.42 Å². The van der Waals surface area contributed by atoms with E-state index in [0.29, 0.717) is 6.61 Å². The summed E-state index contributed by atoms with van der Waals surface area (Å²) in [7, 11) is 1.65. The van der Waals surface area contributed by atoms with Gasteiger partial charge < -0.3 is 9.47 Å². The molecule has 19 heavy (non-hydrogen) atoms. The second kappa shape index (κ2) is 6.31. The number of benzene rings is 2. The zero-order chi connectivity index (χ0) is 13.7. The monoisotopic (exact) mass is 316 g/mol. The summed E-state index contributed by atoms with van der Waals surface area (Å²) in [6.45, 7) is 0.483. The van der Waals surface area contributed by atoms with Crippen LogP contribution in [0.1, 0.15) is 11.1 Å². The number of hydrogen-bond acceptors (Lipinski definition) is 2. The molecular formula is C16H13BrO2. The van der Waals surface area contributed by atoms with E-state index >= 15 is 0 Å². The van der Waals surface area contributed by atoms with Gasteiger partial charge in [0.2, 0.25) is 0 Å². The number of hydrogen-bond donors (Lipinski definition) is 0. The quantitative estimate of drug-likeness (QED) is 0.793. The van der Waals surface area contributed by atoms with Crippen LogP contribution in [0.3, 0.4) is 0 Å². The molecular weight excluding hydrogens is 304 g/mol. The third kappa shape index (κ3) is 3.30. The summed E-state index contributed by atoms with van der Waals surface area (Å²) in [5, 5.41) is 0. The highest BCUT2D eigenvalue weighted by atomic mass is 79.9. The number of rotatable bonds is 4. The maximum Gasteiger partial charge on any atom is 0.135 e. The van der Waals surface area contributed by atoms with Gasteiger partial charge in [0.05, 0.1) is 11.6 Å². The Bertz CT molecular complexity index is 597. The first-order chi connectivity index (χ1) is 9.24. The van der Waals surface area contributed by atoms with Gasteiger partial charge in [-0.1, -0.05) is 24.1 Å². The SMILES string of the molecule is C#Cc1cccc(OCc2ccc(OC)cc2)c1Br. The minimum absolute atomic E-state index is 0.483. The van der Waals surface area contributed by atoms with Crippen molar-refractivity contribution in [3.05, 3.63) is 58.1 Å². The average molecular weight is 317 g/mol. The van der Waals surface area contributed by atoms with Gasteiger partial charge >= 0.3 is 0 Å². The van der Waals surface area contributed by atoms with Crippen molar-refractivity contribution >= 4 is 15.9 Å². The number of terminal acetylenes is 1. The summed E-state index contributed by atoms with van der Waals surface area (Å²) in [6, 6.07) is 13.4. The van der Waals surface area contributed by atoms with Crippen molar-refractivity contribution in [2.45, 2.75) is 6.61 Å². The second-order valence-electron chi connectivity index (χ2n) is 3.90. The van der Waals surface area contributed by atoms with Gasteiger partial charge in [0.1, 0.15) is 18.1 Å². The summed E-state index contributed by atoms with van der Waals surface area (Å²) in [5.41, 5.74) is 1.85. The van der Waals surface area contributed by atoms with E-state index in [1.165, 1.54) is 0 Å². The third-order valence-electron chi connectivity index (χ3n) is 2.67. The van der Waals surface area contributed by atoms with Crippen LogP contribution in [0.2, 0.25) is 0 Å². The lowest BCUT2D eigenvalue weighted by molar-refractivity contribution is 0.304. The van der Waals surface area contributed by atoms with Crippen molar-refractivity contribution in [2.24, 2.45) is 0 Å². The Labute approximate surface area is 121 Å². The molecule has 0 spiro atoms. The molecule has 0 unspecified atom stereocenters. The molecule has 0 amide bonds. The Morgan fingerprint density at radius 2 is 1.89 bits per heavy atom. The molecule has 2 aromatic carbocycles. The Morgan fingerprint density at radius 3 is 2.53 bits per heavy atom. The summed E-state index contributed by atoms with van der Waals surface area (Å²) in [6.07, 6.45) is 5.41. The fourth-order valence-corrected chi connectivity index (χ4v) is 2.11. The fourth-order valence-electron chi connectivity index (χ4n) is 1.62. The highest BCUT2D eigenvalue weighted by Crippen LogP contribution is 2.28. The van der Waals surface area contributed by atoms with Crippen LogP contribution in [0, 0.1) is 12.3 Å². The zero-order valence-electron chi connectivity index (χ0n) is 10.5. The first-order valence-corrected chi connectivity index (χ1v) is 6.54. The van der Waals surface area contributed by atoms with Crippen LogP contribution < -0.4 is 9.47 Å². The molecule has 0 heterocycles. The van der Waals surface area contributed by atoms with E-state index in [2.05, 4.69) is 21.9 Å². The smallest absolute Gasteiger partial charge is 0.135 e. The number of methoxy groups -OCH3 is 1. The van der Waals surface area contributed by atoms with E-state index in [9.17, 15) is 0 Å². The summed E-state index contributed by atoms with van der Waals surface area (Å²) in [5.74, 6) is 4.18. The molecule has 3 heteroatoms. The number of ether oxygens (including phenoxy) is 2. The molecule has 2 nitrogen and oxygen atoms in total. The Morgan fingerprint density at radius 1 is 1.16 bits per heavy atom. The lowest BCUT2D eigenvalue weighted by atomic mass is 10.2. The van der Waals surface area contributed by atoms with Crippen LogP contribution in [0.15, 0.2) is 46.9 Å². The van der Waals surface area contributed by atoms with Crippen molar-refractivity contribution < 1.29 is 9.47 Å². The van der Waals surface area contributed by atoms with Crippen molar-refractivity contribution in [2.75, 3.05) is 7.11 Å². The van der Waals surface area contributed by atoms with Crippen molar-refractivity contribution in [1.82, 2.24) is 0 Å². The van der Waals surface area contributed by atoms with E-state index in [0.717, 1.165) is 27.1 Å². The fraction of sp³-hybridized carbons (Fsp3) is 0.125. The molecule has 2 aromatic rings. The van der Waals surface area contributed by atoms with E-state index < -0.39 is 0 Å². The topological polar surface area (TPSA) is 18.5 Å². The largest absolute Gasteiger partial charge is 0.497 e.